The zero-order valence-electron chi connectivity index (χ0n) is 9.86. The van der Waals surface area contributed by atoms with Crippen molar-refractivity contribution in [2.45, 2.75) is 12.5 Å². The summed E-state index contributed by atoms with van der Waals surface area (Å²) in [5, 5.41) is 9.21. The number of carbonyl (C=O) groups excluding carboxylic acids is 1. The quantitative estimate of drug-likeness (QED) is 0.889. The lowest BCUT2D eigenvalue weighted by Gasteiger charge is -2.32. The number of carbonyl (C=O) groups is 2. The molecule has 0 saturated carbocycles. The van der Waals surface area contributed by atoms with Crippen LogP contribution in [-0.4, -0.2) is 52.7 Å². The van der Waals surface area contributed by atoms with E-state index in [1.54, 1.807) is 0 Å². The van der Waals surface area contributed by atoms with Crippen LogP contribution < -0.4 is 0 Å². The minimum atomic E-state index is -0.953. The Balaban J connectivity index is 2.04. The summed E-state index contributed by atoms with van der Waals surface area (Å²) in [5.74, 6) is -1.22. The number of aromatic nitrogens is 1. The van der Waals surface area contributed by atoms with Gasteiger partial charge in [-0.3, -0.25) is 9.59 Å². The largest absolute Gasteiger partial charge is 0.481 e. The van der Waals surface area contributed by atoms with Gasteiger partial charge in [0.25, 0.3) is 5.91 Å². The van der Waals surface area contributed by atoms with Crippen molar-refractivity contribution in [3.8, 4) is 0 Å². The Morgan fingerprint density at radius 3 is 2.84 bits per heavy atom. The molecule has 1 unspecified atom stereocenters. The van der Waals surface area contributed by atoms with Crippen LogP contribution >= 0.6 is 23.2 Å². The summed E-state index contributed by atoms with van der Waals surface area (Å²) in [6.07, 6.45) is -0.619. The summed E-state index contributed by atoms with van der Waals surface area (Å²) in [6.45, 7) is 0.953. The molecule has 0 bridgehead atoms. The first-order chi connectivity index (χ1) is 8.97. The van der Waals surface area contributed by atoms with Gasteiger partial charge < -0.3 is 19.7 Å². The Morgan fingerprint density at radius 2 is 2.26 bits per heavy atom. The van der Waals surface area contributed by atoms with Crippen LogP contribution in [0.25, 0.3) is 0 Å². The number of morpholine rings is 1. The molecule has 1 aromatic heterocycles. The Bertz CT molecular complexity index is 483. The number of nitrogens with one attached hydrogen (secondary N) is 1. The van der Waals surface area contributed by atoms with Crippen LogP contribution in [0, 0.1) is 0 Å². The van der Waals surface area contributed by atoms with Gasteiger partial charge >= 0.3 is 5.97 Å². The summed E-state index contributed by atoms with van der Waals surface area (Å²) in [6, 6.07) is 1.45. The number of carboxylic acid groups (broad SMARTS) is 1. The highest BCUT2D eigenvalue weighted by atomic mass is 35.5. The summed E-state index contributed by atoms with van der Waals surface area (Å²) in [7, 11) is 0. The second-order valence-corrected chi connectivity index (χ2v) is 4.97. The van der Waals surface area contributed by atoms with Gasteiger partial charge in [-0.05, 0) is 6.07 Å². The van der Waals surface area contributed by atoms with Gasteiger partial charge in [0.05, 0.1) is 24.2 Å². The van der Waals surface area contributed by atoms with Gasteiger partial charge in [0.1, 0.15) is 10.8 Å². The van der Waals surface area contributed by atoms with E-state index in [0.717, 1.165) is 0 Å². The molecule has 0 spiro atoms. The van der Waals surface area contributed by atoms with Crippen molar-refractivity contribution in [3.63, 3.8) is 0 Å². The van der Waals surface area contributed by atoms with Crippen LogP contribution in [0.2, 0.25) is 10.2 Å². The highest BCUT2D eigenvalue weighted by Crippen LogP contribution is 2.23. The van der Waals surface area contributed by atoms with E-state index in [9.17, 15) is 9.59 Å². The van der Waals surface area contributed by atoms with Gasteiger partial charge in [0, 0.05) is 13.1 Å². The molecule has 1 amide bonds. The molecule has 0 radical (unpaired) electrons. The van der Waals surface area contributed by atoms with Crippen LogP contribution in [0.3, 0.4) is 0 Å². The number of nitrogens with zero attached hydrogens (tertiary/aromatic N) is 1. The van der Waals surface area contributed by atoms with Crippen molar-refractivity contribution < 1.29 is 19.4 Å². The molecule has 1 fully saturated rings. The predicted molar refractivity (Wildman–Crippen MR) is 68.7 cm³/mol. The number of carboxylic acids is 1. The highest BCUT2D eigenvalue weighted by molar-refractivity contribution is 6.41. The molecule has 2 heterocycles. The number of ether oxygens (including phenoxy) is 1. The molecule has 6 nitrogen and oxygen atoms in total. The summed E-state index contributed by atoms with van der Waals surface area (Å²) in [4.78, 5) is 27.0. The molecule has 0 aliphatic carbocycles. The molecule has 1 aromatic rings. The smallest absolute Gasteiger partial charge is 0.306 e. The van der Waals surface area contributed by atoms with E-state index in [2.05, 4.69) is 4.98 Å². The van der Waals surface area contributed by atoms with Gasteiger partial charge in [-0.15, -0.1) is 0 Å². The molecule has 2 N–H and O–H groups in total. The summed E-state index contributed by atoms with van der Waals surface area (Å²) in [5.41, 5.74) is 0.283. The third kappa shape index (κ3) is 3.40. The number of aliphatic carboxylic acids is 1. The van der Waals surface area contributed by atoms with Crippen molar-refractivity contribution in [3.05, 3.63) is 21.9 Å². The zero-order valence-corrected chi connectivity index (χ0v) is 11.4. The molecular formula is C11H12Cl2N2O4. The minimum Gasteiger partial charge on any atom is -0.481 e. The lowest BCUT2D eigenvalue weighted by atomic mass is 10.2. The molecule has 8 heteroatoms. The molecule has 1 aliphatic rings. The van der Waals surface area contributed by atoms with Gasteiger partial charge in [-0.2, -0.15) is 0 Å². The first-order valence-corrected chi connectivity index (χ1v) is 6.39. The molecule has 1 aliphatic heterocycles. The number of hydrogen-bond donors (Lipinski definition) is 2. The van der Waals surface area contributed by atoms with Crippen LogP contribution in [0.1, 0.15) is 16.9 Å². The minimum absolute atomic E-state index is 0.129. The summed E-state index contributed by atoms with van der Waals surface area (Å²) < 4.78 is 5.30. The first-order valence-electron chi connectivity index (χ1n) is 5.64. The highest BCUT2D eigenvalue weighted by Gasteiger charge is 2.27. The number of rotatable bonds is 3. The van der Waals surface area contributed by atoms with Crippen molar-refractivity contribution in [2.24, 2.45) is 0 Å². The molecule has 1 saturated heterocycles. The maximum atomic E-state index is 12.2. The number of hydrogen-bond acceptors (Lipinski definition) is 3. The molecule has 2 rings (SSSR count). The van der Waals surface area contributed by atoms with Crippen molar-refractivity contribution in [1.82, 2.24) is 9.88 Å². The number of halogens is 2. The van der Waals surface area contributed by atoms with Crippen molar-refractivity contribution in [1.29, 1.82) is 0 Å². The Labute approximate surface area is 119 Å². The Kier molecular flexibility index (Phi) is 4.34. The third-order valence-electron chi connectivity index (χ3n) is 2.78. The average molecular weight is 307 g/mol. The average Bonchev–Trinajstić information content (AvgIpc) is 2.68. The van der Waals surface area contributed by atoms with E-state index >= 15 is 0 Å². The lowest BCUT2D eigenvalue weighted by Crippen LogP contribution is -2.46. The number of H-pyrrole nitrogens is 1. The second kappa shape index (κ2) is 5.81. The zero-order chi connectivity index (χ0) is 14.0. The van der Waals surface area contributed by atoms with Crippen LogP contribution in [-0.2, 0) is 9.53 Å². The van der Waals surface area contributed by atoms with Gasteiger partial charge in [-0.1, -0.05) is 23.2 Å². The van der Waals surface area contributed by atoms with E-state index < -0.39 is 12.1 Å². The fraction of sp³-hybridized carbons (Fsp3) is 0.455. The lowest BCUT2D eigenvalue weighted by molar-refractivity contribution is -0.141. The maximum absolute atomic E-state index is 12.2. The first kappa shape index (κ1) is 14.2. The van der Waals surface area contributed by atoms with Crippen molar-refractivity contribution in [2.75, 3.05) is 19.7 Å². The normalized spacial score (nSPS) is 19.5. The van der Waals surface area contributed by atoms with Gasteiger partial charge in [-0.25, -0.2) is 0 Å². The molecule has 104 valence electrons. The number of amides is 1. The van der Waals surface area contributed by atoms with Crippen LogP contribution in [0.4, 0.5) is 0 Å². The van der Waals surface area contributed by atoms with Crippen LogP contribution in [0.15, 0.2) is 6.07 Å². The Morgan fingerprint density at radius 1 is 1.53 bits per heavy atom. The summed E-state index contributed by atoms with van der Waals surface area (Å²) >= 11 is 11.5. The van der Waals surface area contributed by atoms with E-state index in [0.29, 0.717) is 13.2 Å². The Hall–Kier alpha value is -1.24. The standard InChI is InChI=1S/C11H12Cl2N2O4/c12-7-4-8(14-10(7)13)11(18)15-1-2-19-6(5-15)3-9(16)17/h4,6,14H,1-3,5H2,(H,16,17). The fourth-order valence-corrected chi connectivity index (χ4v) is 2.22. The topological polar surface area (TPSA) is 82.6 Å². The molecular weight excluding hydrogens is 295 g/mol. The van der Waals surface area contributed by atoms with E-state index in [1.165, 1.54) is 11.0 Å². The molecule has 1 atom stereocenters. The van der Waals surface area contributed by atoms with Gasteiger partial charge in [0.2, 0.25) is 0 Å². The predicted octanol–water partition coefficient (Wildman–Crippen LogP) is 1.64. The van der Waals surface area contributed by atoms with Crippen LogP contribution in [0.5, 0.6) is 0 Å². The third-order valence-corrected chi connectivity index (χ3v) is 3.48. The monoisotopic (exact) mass is 306 g/mol. The van der Waals surface area contributed by atoms with Crippen molar-refractivity contribution >= 4 is 35.1 Å². The van der Waals surface area contributed by atoms with Gasteiger partial charge in [0.15, 0.2) is 0 Å². The SMILES string of the molecule is O=C(O)CC1CN(C(=O)c2cc(Cl)c(Cl)[nH]2)CCO1. The van der Waals surface area contributed by atoms with E-state index in [4.69, 9.17) is 33.0 Å². The molecule has 19 heavy (non-hydrogen) atoms. The second-order valence-electron chi connectivity index (χ2n) is 4.19. The number of aromatic amines is 1. The fourth-order valence-electron chi connectivity index (χ4n) is 1.91. The van der Waals surface area contributed by atoms with E-state index in [-0.39, 0.29) is 34.7 Å². The van der Waals surface area contributed by atoms with E-state index in [1.807, 2.05) is 0 Å². The maximum Gasteiger partial charge on any atom is 0.306 e. The molecule has 0 aromatic carbocycles.